The molecule has 0 spiro atoms. The van der Waals surface area contributed by atoms with Gasteiger partial charge in [0, 0.05) is 19.0 Å². The van der Waals surface area contributed by atoms with Crippen LogP contribution in [0, 0.1) is 5.92 Å². The summed E-state index contributed by atoms with van der Waals surface area (Å²) in [7, 11) is 1.86. The first kappa shape index (κ1) is 17.5. The first-order chi connectivity index (χ1) is 9.70. The Kier molecular flexibility index (Phi) is 7.20. The van der Waals surface area contributed by atoms with E-state index in [4.69, 9.17) is 0 Å². The van der Waals surface area contributed by atoms with Crippen LogP contribution in [0.5, 0.6) is 0 Å². The molecular weight excluding hydrogens is 284 g/mol. The molecule has 21 heavy (non-hydrogen) atoms. The van der Waals surface area contributed by atoms with Crippen molar-refractivity contribution in [3.05, 3.63) is 48.0 Å². The number of nitrogens with one attached hydrogen (secondary N) is 2. The highest BCUT2D eigenvalue weighted by Gasteiger charge is 2.10. The number of hydrogen-bond acceptors (Lipinski definition) is 2. The average Bonchev–Trinajstić information content (AvgIpc) is 2.47. The number of carbonyl (C=O) groups is 1. The van der Waals surface area contributed by atoms with Gasteiger partial charge < -0.3 is 10.6 Å². The van der Waals surface area contributed by atoms with Crippen molar-refractivity contribution in [2.75, 3.05) is 20.1 Å². The Balaban J connectivity index is 0.00000220. The van der Waals surface area contributed by atoms with Gasteiger partial charge in [-0.2, -0.15) is 0 Å². The van der Waals surface area contributed by atoms with Crippen LogP contribution in [-0.4, -0.2) is 26.0 Å². The van der Waals surface area contributed by atoms with Crippen LogP contribution in [-0.2, 0) is 11.2 Å². The van der Waals surface area contributed by atoms with Crippen molar-refractivity contribution >= 4 is 29.1 Å². The highest BCUT2D eigenvalue weighted by Crippen LogP contribution is 2.15. The molecule has 0 aromatic heterocycles. The molecule has 2 rings (SSSR count). The second kappa shape index (κ2) is 8.65. The van der Waals surface area contributed by atoms with E-state index in [0.717, 1.165) is 6.42 Å². The predicted molar refractivity (Wildman–Crippen MR) is 91.0 cm³/mol. The highest BCUT2D eigenvalue weighted by molar-refractivity contribution is 5.85. The third-order valence-corrected chi connectivity index (χ3v) is 3.48. The van der Waals surface area contributed by atoms with Crippen LogP contribution >= 0.6 is 12.4 Å². The fourth-order valence-corrected chi connectivity index (χ4v) is 2.30. The van der Waals surface area contributed by atoms with Crippen molar-refractivity contribution in [3.63, 3.8) is 0 Å². The van der Waals surface area contributed by atoms with E-state index in [-0.39, 0.29) is 24.2 Å². The van der Waals surface area contributed by atoms with Crippen molar-refractivity contribution in [1.82, 2.24) is 10.6 Å². The number of rotatable bonds is 6. The Morgan fingerprint density at radius 3 is 2.57 bits per heavy atom. The van der Waals surface area contributed by atoms with Gasteiger partial charge in [0.25, 0.3) is 0 Å². The quantitative estimate of drug-likeness (QED) is 0.861. The molecule has 1 atom stereocenters. The van der Waals surface area contributed by atoms with Gasteiger partial charge in [0.05, 0.1) is 0 Å². The van der Waals surface area contributed by atoms with Crippen molar-refractivity contribution in [3.8, 4) is 0 Å². The Morgan fingerprint density at radius 1 is 1.14 bits per heavy atom. The molecule has 3 nitrogen and oxygen atoms in total. The maximum Gasteiger partial charge on any atom is 0.224 e. The van der Waals surface area contributed by atoms with Gasteiger partial charge in [-0.1, -0.05) is 49.4 Å². The minimum Gasteiger partial charge on any atom is -0.355 e. The lowest BCUT2D eigenvalue weighted by atomic mass is 10.1. The van der Waals surface area contributed by atoms with E-state index >= 15 is 0 Å². The predicted octanol–water partition coefficient (Wildman–Crippen LogP) is 2.78. The van der Waals surface area contributed by atoms with E-state index in [1.165, 1.54) is 16.3 Å². The maximum atomic E-state index is 11.8. The van der Waals surface area contributed by atoms with E-state index < -0.39 is 0 Å². The normalized spacial score (nSPS) is 11.7. The molecular formula is C17H23ClN2O. The zero-order chi connectivity index (χ0) is 14.4. The smallest absolute Gasteiger partial charge is 0.224 e. The highest BCUT2D eigenvalue weighted by atomic mass is 35.5. The van der Waals surface area contributed by atoms with Crippen molar-refractivity contribution in [2.45, 2.75) is 13.3 Å². The number of benzene rings is 2. The Morgan fingerprint density at radius 2 is 1.86 bits per heavy atom. The van der Waals surface area contributed by atoms with E-state index in [0.29, 0.717) is 13.1 Å². The van der Waals surface area contributed by atoms with Gasteiger partial charge in [-0.25, -0.2) is 0 Å². The fraction of sp³-hybridized carbons (Fsp3) is 0.353. The average molecular weight is 307 g/mol. The number of fused-ring (bicyclic) bond motifs is 1. The van der Waals surface area contributed by atoms with Gasteiger partial charge in [-0.05, 0) is 29.8 Å². The zero-order valence-corrected chi connectivity index (χ0v) is 13.4. The molecule has 2 aromatic carbocycles. The third-order valence-electron chi connectivity index (χ3n) is 3.48. The minimum atomic E-state index is 0. The minimum absolute atomic E-state index is 0. The van der Waals surface area contributed by atoms with Gasteiger partial charge in [0.2, 0.25) is 5.91 Å². The molecule has 0 aliphatic heterocycles. The number of hydrogen-bond donors (Lipinski definition) is 2. The Hall–Kier alpha value is -1.58. The molecule has 1 amide bonds. The van der Waals surface area contributed by atoms with Crippen molar-refractivity contribution < 1.29 is 4.79 Å². The standard InChI is InChI=1S/C17H22N2O.ClH/c1-13(12-18-2)17(20)19-10-9-14-7-8-15-5-3-4-6-16(15)11-14;/h3-8,11,13,18H,9-10,12H2,1-2H3,(H,19,20);1H. The molecule has 0 aliphatic carbocycles. The molecule has 0 saturated carbocycles. The monoisotopic (exact) mass is 306 g/mol. The molecule has 1 unspecified atom stereocenters. The summed E-state index contributed by atoms with van der Waals surface area (Å²) in [6.07, 6.45) is 0.864. The van der Waals surface area contributed by atoms with Gasteiger partial charge in [-0.15, -0.1) is 12.4 Å². The van der Waals surface area contributed by atoms with Crippen molar-refractivity contribution in [1.29, 1.82) is 0 Å². The van der Waals surface area contributed by atoms with Crippen LogP contribution < -0.4 is 10.6 Å². The second-order valence-electron chi connectivity index (χ2n) is 5.18. The molecule has 4 heteroatoms. The molecule has 0 aliphatic rings. The summed E-state index contributed by atoms with van der Waals surface area (Å²) < 4.78 is 0. The lowest BCUT2D eigenvalue weighted by Gasteiger charge is -2.11. The van der Waals surface area contributed by atoms with Gasteiger partial charge >= 0.3 is 0 Å². The van der Waals surface area contributed by atoms with Crippen molar-refractivity contribution in [2.24, 2.45) is 5.92 Å². The molecule has 2 N–H and O–H groups in total. The van der Waals surface area contributed by atoms with Gasteiger partial charge in [-0.3, -0.25) is 4.79 Å². The molecule has 0 fully saturated rings. The summed E-state index contributed by atoms with van der Waals surface area (Å²) in [5.41, 5.74) is 1.25. The van der Waals surface area contributed by atoms with Crippen LogP contribution in [0.2, 0.25) is 0 Å². The first-order valence-corrected chi connectivity index (χ1v) is 7.10. The second-order valence-corrected chi connectivity index (χ2v) is 5.18. The van der Waals surface area contributed by atoms with E-state index in [9.17, 15) is 4.79 Å². The SMILES string of the molecule is CNCC(C)C(=O)NCCc1ccc2ccccc2c1.Cl. The first-order valence-electron chi connectivity index (χ1n) is 7.10. The molecule has 0 radical (unpaired) electrons. The largest absolute Gasteiger partial charge is 0.355 e. The summed E-state index contributed by atoms with van der Waals surface area (Å²) in [6.45, 7) is 3.33. The van der Waals surface area contributed by atoms with E-state index in [1.807, 2.05) is 26.1 Å². The summed E-state index contributed by atoms with van der Waals surface area (Å²) >= 11 is 0. The van der Waals surface area contributed by atoms with Crippen LogP contribution in [0.3, 0.4) is 0 Å². The van der Waals surface area contributed by atoms with Gasteiger partial charge in [0.15, 0.2) is 0 Å². The number of amides is 1. The number of carbonyl (C=O) groups excluding carboxylic acids is 1. The van der Waals surface area contributed by atoms with Gasteiger partial charge in [0.1, 0.15) is 0 Å². The third kappa shape index (κ3) is 5.03. The molecule has 0 bridgehead atoms. The number of halogens is 1. The Bertz CT molecular complexity index is 586. The topological polar surface area (TPSA) is 41.1 Å². The molecule has 114 valence electrons. The summed E-state index contributed by atoms with van der Waals surface area (Å²) in [5.74, 6) is 0.122. The van der Waals surface area contributed by atoms with Crippen LogP contribution in [0.4, 0.5) is 0 Å². The molecule has 0 saturated heterocycles. The lowest BCUT2D eigenvalue weighted by molar-refractivity contribution is -0.124. The molecule has 0 heterocycles. The summed E-state index contributed by atoms with van der Waals surface area (Å²) in [5, 5.41) is 8.50. The fourth-order valence-electron chi connectivity index (χ4n) is 2.30. The maximum absolute atomic E-state index is 11.8. The summed E-state index contributed by atoms with van der Waals surface area (Å²) in [4.78, 5) is 11.8. The van der Waals surface area contributed by atoms with Crippen LogP contribution in [0.15, 0.2) is 42.5 Å². The molecule has 2 aromatic rings. The zero-order valence-electron chi connectivity index (χ0n) is 12.6. The van der Waals surface area contributed by atoms with Crippen LogP contribution in [0.1, 0.15) is 12.5 Å². The van der Waals surface area contributed by atoms with Crippen LogP contribution in [0.25, 0.3) is 10.8 Å². The van der Waals surface area contributed by atoms with E-state index in [2.05, 4.69) is 41.0 Å². The van der Waals surface area contributed by atoms with E-state index in [1.54, 1.807) is 0 Å². The summed E-state index contributed by atoms with van der Waals surface area (Å²) in [6, 6.07) is 14.8. The Labute approximate surface area is 132 Å². The lowest BCUT2D eigenvalue weighted by Crippen LogP contribution is -2.35.